The van der Waals surface area contributed by atoms with Gasteiger partial charge in [-0.1, -0.05) is 0 Å². The van der Waals surface area contributed by atoms with Crippen LogP contribution in [-0.4, -0.2) is 42.1 Å². The number of amides is 2. The van der Waals surface area contributed by atoms with Crippen LogP contribution in [0.4, 0.5) is 15.0 Å². The summed E-state index contributed by atoms with van der Waals surface area (Å²) >= 11 is 0. The predicted octanol–water partition coefficient (Wildman–Crippen LogP) is 4.13. The highest BCUT2D eigenvalue weighted by atomic mass is 19.1. The van der Waals surface area contributed by atoms with Crippen molar-refractivity contribution in [3.05, 3.63) is 59.2 Å². The van der Waals surface area contributed by atoms with Gasteiger partial charge in [0.25, 0.3) is 0 Å². The van der Waals surface area contributed by atoms with Crippen LogP contribution < -0.4 is 10.2 Å². The Morgan fingerprint density at radius 2 is 2.13 bits per heavy atom. The normalized spacial score (nSPS) is 15.4. The Hall–Kier alpha value is -3.60. The van der Waals surface area contributed by atoms with Crippen molar-refractivity contribution in [2.75, 3.05) is 31.1 Å². The highest BCUT2D eigenvalue weighted by Crippen LogP contribution is 2.30. The number of furan rings is 1. The fourth-order valence-electron chi connectivity index (χ4n) is 4.04. The molecule has 1 fully saturated rings. The summed E-state index contributed by atoms with van der Waals surface area (Å²) in [4.78, 5) is 21.1. The molecule has 3 heterocycles. The SMILES string of the molecule is Cc1c(C(C)NC(=O)N2CCCN(c3ncccc3C#N)CC2)oc2ccc(F)cc12. The molecule has 7 nitrogen and oxygen atoms in total. The number of anilines is 1. The molecular weight excluding hydrogens is 397 g/mol. The third-order valence-corrected chi connectivity index (χ3v) is 5.66. The molecule has 1 aliphatic heterocycles. The van der Waals surface area contributed by atoms with Gasteiger partial charge < -0.3 is 19.5 Å². The van der Waals surface area contributed by atoms with Gasteiger partial charge in [-0.15, -0.1) is 0 Å². The number of carbonyl (C=O) groups excluding carboxylic acids is 1. The molecule has 3 aromatic rings. The largest absolute Gasteiger partial charge is 0.459 e. The lowest BCUT2D eigenvalue weighted by Gasteiger charge is -2.24. The number of benzene rings is 1. The molecule has 4 rings (SSSR count). The van der Waals surface area contributed by atoms with Crippen LogP contribution >= 0.6 is 0 Å². The van der Waals surface area contributed by atoms with Gasteiger partial charge in [0, 0.05) is 43.3 Å². The van der Waals surface area contributed by atoms with Crippen LogP contribution in [0, 0.1) is 24.1 Å². The van der Waals surface area contributed by atoms with Crippen LogP contribution in [0.1, 0.15) is 36.3 Å². The third kappa shape index (κ3) is 4.17. The summed E-state index contributed by atoms with van der Waals surface area (Å²) in [6.45, 7) is 6.16. The minimum atomic E-state index is -0.358. The van der Waals surface area contributed by atoms with Crippen LogP contribution in [0.3, 0.4) is 0 Å². The number of nitrogens with one attached hydrogen (secondary N) is 1. The van der Waals surface area contributed by atoms with Gasteiger partial charge in [-0.25, -0.2) is 14.2 Å². The number of aromatic nitrogens is 1. The Morgan fingerprint density at radius 1 is 1.29 bits per heavy atom. The average Bonchev–Trinajstić information content (AvgIpc) is 2.94. The molecule has 31 heavy (non-hydrogen) atoms. The van der Waals surface area contributed by atoms with Gasteiger partial charge in [-0.2, -0.15) is 5.26 Å². The maximum Gasteiger partial charge on any atom is 0.318 e. The number of nitriles is 1. The third-order valence-electron chi connectivity index (χ3n) is 5.66. The Labute approximate surface area is 180 Å². The van der Waals surface area contributed by atoms with E-state index in [0.29, 0.717) is 47.7 Å². The van der Waals surface area contributed by atoms with E-state index in [-0.39, 0.29) is 17.9 Å². The fraction of sp³-hybridized carbons (Fsp3) is 0.348. The summed E-state index contributed by atoms with van der Waals surface area (Å²) in [5.41, 5.74) is 1.96. The number of hydrogen-bond donors (Lipinski definition) is 1. The average molecular weight is 421 g/mol. The zero-order valence-corrected chi connectivity index (χ0v) is 17.6. The van der Waals surface area contributed by atoms with Crippen molar-refractivity contribution in [2.24, 2.45) is 0 Å². The van der Waals surface area contributed by atoms with Crippen LogP contribution in [0.5, 0.6) is 0 Å². The molecule has 2 aromatic heterocycles. The molecule has 1 saturated heterocycles. The van der Waals surface area contributed by atoms with Gasteiger partial charge in [-0.05, 0) is 50.6 Å². The molecule has 1 aromatic carbocycles. The zero-order valence-electron chi connectivity index (χ0n) is 17.6. The van der Waals surface area contributed by atoms with Gasteiger partial charge in [0.2, 0.25) is 0 Å². The molecule has 0 aliphatic carbocycles. The van der Waals surface area contributed by atoms with Crippen LogP contribution in [-0.2, 0) is 0 Å². The quantitative estimate of drug-likeness (QED) is 0.687. The van der Waals surface area contributed by atoms with Crippen LogP contribution in [0.25, 0.3) is 11.0 Å². The second kappa shape index (κ2) is 8.64. The van der Waals surface area contributed by atoms with Gasteiger partial charge in [-0.3, -0.25) is 0 Å². The molecule has 0 radical (unpaired) electrons. The first kappa shape index (κ1) is 20.7. The first-order valence-corrected chi connectivity index (χ1v) is 10.3. The van der Waals surface area contributed by atoms with E-state index < -0.39 is 0 Å². The first-order chi connectivity index (χ1) is 15.0. The second-order valence-corrected chi connectivity index (χ2v) is 7.72. The minimum Gasteiger partial charge on any atom is -0.459 e. The molecule has 0 saturated carbocycles. The van der Waals surface area contributed by atoms with Gasteiger partial charge in [0.05, 0.1) is 11.6 Å². The number of hydrogen-bond acceptors (Lipinski definition) is 5. The Morgan fingerprint density at radius 3 is 2.94 bits per heavy atom. The highest BCUT2D eigenvalue weighted by Gasteiger charge is 2.24. The molecule has 1 atom stereocenters. The van der Waals surface area contributed by atoms with Gasteiger partial charge in [0.1, 0.15) is 29.0 Å². The Bertz CT molecular complexity index is 1150. The summed E-state index contributed by atoms with van der Waals surface area (Å²) in [5, 5.41) is 13.0. The van der Waals surface area contributed by atoms with E-state index in [4.69, 9.17) is 4.42 Å². The lowest BCUT2D eigenvalue weighted by molar-refractivity contribution is 0.196. The highest BCUT2D eigenvalue weighted by molar-refractivity contribution is 5.82. The second-order valence-electron chi connectivity index (χ2n) is 7.72. The van der Waals surface area contributed by atoms with E-state index >= 15 is 0 Å². The van der Waals surface area contributed by atoms with Crippen molar-refractivity contribution in [1.29, 1.82) is 5.26 Å². The smallest absolute Gasteiger partial charge is 0.318 e. The number of urea groups is 1. The van der Waals surface area contributed by atoms with Crippen LogP contribution in [0.15, 0.2) is 40.9 Å². The molecular formula is C23H24FN5O2. The van der Waals surface area contributed by atoms with Crippen molar-refractivity contribution in [1.82, 2.24) is 15.2 Å². The number of halogens is 1. The lowest BCUT2D eigenvalue weighted by atomic mass is 10.1. The first-order valence-electron chi connectivity index (χ1n) is 10.3. The Kier molecular flexibility index (Phi) is 5.76. The van der Waals surface area contributed by atoms with Crippen molar-refractivity contribution in [3.8, 4) is 6.07 Å². The van der Waals surface area contributed by atoms with E-state index in [2.05, 4.69) is 16.4 Å². The van der Waals surface area contributed by atoms with Crippen molar-refractivity contribution < 1.29 is 13.6 Å². The number of nitrogens with zero attached hydrogens (tertiary/aromatic N) is 4. The van der Waals surface area contributed by atoms with E-state index in [1.54, 1.807) is 29.3 Å². The summed E-state index contributed by atoms with van der Waals surface area (Å²) < 4.78 is 19.5. The molecule has 0 bridgehead atoms. The maximum atomic E-state index is 13.6. The standard InChI is InChI=1S/C23H24FN5O2/c1-15-19-13-18(24)6-7-20(19)31-21(15)16(2)27-23(30)29-10-4-9-28(11-12-29)22-17(14-25)5-3-8-26-22/h3,5-8,13,16H,4,9-12H2,1-2H3,(H,27,30). The summed E-state index contributed by atoms with van der Waals surface area (Å²) in [6.07, 6.45) is 2.45. The minimum absolute atomic E-state index is 0.179. The van der Waals surface area contributed by atoms with Crippen molar-refractivity contribution >= 4 is 22.8 Å². The topological polar surface area (TPSA) is 85.4 Å². The number of rotatable bonds is 3. The maximum absolute atomic E-state index is 13.6. The number of pyridine rings is 1. The van der Waals surface area contributed by atoms with E-state index in [1.165, 1.54) is 12.1 Å². The van der Waals surface area contributed by atoms with E-state index in [0.717, 1.165) is 18.5 Å². The monoisotopic (exact) mass is 421 g/mol. The fourth-order valence-corrected chi connectivity index (χ4v) is 4.04. The van der Waals surface area contributed by atoms with E-state index in [9.17, 15) is 14.4 Å². The van der Waals surface area contributed by atoms with E-state index in [1.807, 2.05) is 18.7 Å². The summed E-state index contributed by atoms with van der Waals surface area (Å²) in [7, 11) is 0. The van der Waals surface area contributed by atoms with Gasteiger partial charge in [0.15, 0.2) is 0 Å². The molecule has 0 spiro atoms. The zero-order chi connectivity index (χ0) is 22.0. The predicted molar refractivity (Wildman–Crippen MR) is 115 cm³/mol. The summed E-state index contributed by atoms with van der Waals surface area (Å²) in [5.74, 6) is 0.963. The molecule has 1 unspecified atom stereocenters. The molecule has 160 valence electrons. The molecule has 2 amide bonds. The summed E-state index contributed by atoms with van der Waals surface area (Å²) in [6, 6.07) is 9.55. The van der Waals surface area contributed by atoms with Crippen LogP contribution in [0.2, 0.25) is 0 Å². The molecule has 1 aliphatic rings. The number of fused-ring (bicyclic) bond motifs is 1. The van der Waals surface area contributed by atoms with Gasteiger partial charge >= 0.3 is 6.03 Å². The number of aryl methyl sites for hydroxylation is 1. The Balaban J connectivity index is 1.43. The molecule has 1 N–H and O–H groups in total. The van der Waals surface area contributed by atoms with Crippen molar-refractivity contribution in [3.63, 3.8) is 0 Å². The molecule has 8 heteroatoms. The lowest BCUT2D eigenvalue weighted by Crippen LogP contribution is -2.43. The number of carbonyl (C=O) groups is 1. The van der Waals surface area contributed by atoms with Crippen molar-refractivity contribution in [2.45, 2.75) is 26.3 Å².